The Bertz CT molecular complexity index is 1070. The summed E-state index contributed by atoms with van der Waals surface area (Å²) in [5.74, 6) is 0.729. The van der Waals surface area contributed by atoms with Crippen molar-refractivity contribution in [3.05, 3.63) is 77.1 Å². The Morgan fingerprint density at radius 2 is 1.68 bits per heavy atom. The van der Waals surface area contributed by atoms with Gasteiger partial charge < -0.3 is 14.6 Å². The van der Waals surface area contributed by atoms with Crippen LogP contribution in [0.4, 0.5) is 10.5 Å². The number of ether oxygens (including phenoxy) is 1. The summed E-state index contributed by atoms with van der Waals surface area (Å²) in [7, 11) is 1.60. The van der Waals surface area contributed by atoms with Crippen molar-refractivity contribution in [3.63, 3.8) is 0 Å². The highest BCUT2D eigenvalue weighted by Gasteiger charge is 2.14. The Morgan fingerprint density at radius 3 is 2.26 bits per heavy atom. The van der Waals surface area contributed by atoms with E-state index in [1.54, 1.807) is 37.6 Å². The lowest BCUT2D eigenvalue weighted by molar-refractivity contribution is 0.252. The average Bonchev–Trinajstić information content (AvgIpc) is 3.01. The number of aryl methyl sites for hydroxylation is 1. The van der Waals surface area contributed by atoms with Crippen LogP contribution in [0.15, 0.2) is 59.7 Å². The molecule has 1 heterocycles. The highest BCUT2D eigenvalue weighted by Crippen LogP contribution is 2.25. The van der Waals surface area contributed by atoms with Gasteiger partial charge in [0.25, 0.3) is 0 Å². The van der Waals surface area contributed by atoms with Gasteiger partial charge in [-0.05, 0) is 67.3 Å². The van der Waals surface area contributed by atoms with Gasteiger partial charge in [-0.3, -0.25) is 0 Å². The number of urea groups is 1. The summed E-state index contributed by atoms with van der Waals surface area (Å²) < 4.78 is 7.30. The summed E-state index contributed by atoms with van der Waals surface area (Å²) in [6.45, 7) is 10.7. The van der Waals surface area contributed by atoms with Crippen molar-refractivity contribution in [2.24, 2.45) is 5.10 Å². The van der Waals surface area contributed by atoms with E-state index in [0.717, 1.165) is 28.4 Å². The van der Waals surface area contributed by atoms with E-state index in [2.05, 4.69) is 78.4 Å². The molecule has 162 valence electrons. The Labute approximate surface area is 183 Å². The fourth-order valence-electron chi connectivity index (χ4n) is 3.42. The molecule has 0 atom stereocenters. The molecule has 0 saturated carbocycles. The molecular formula is C25H30N4O2. The fourth-order valence-corrected chi connectivity index (χ4v) is 3.42. The van der Waals surface area contributed by atoms with Gasteiger partial charge >= 0.3 is 6.03 Å². The van der Waals surface area contributed by atoms with Crippen LogP contribution in [0, 0.1) is 13.8 Å². The molecule has 2 amide bonds. The van der Waals surface area contributed by atoms with Crippen LogP contribution in [0.25, 0.3) is 5.69 Å². The lowest BCUT2D eigenvalue weighted by atomic mass is 9.87. The number of hydrogen-bond acceptors (Lipinski definition) is 3. The zero-order valence-electron chi connectivity index (χ0n) is 19.0. The number of aromatic nitrogens is 1. The molecule has 31 heavy (non-hydrogen) atoms. The Balaban J connectivity index is 1.68. The van der Waals surface area contributed by atoms with E-state index in [4.69, 9.17) is 4.74 Å². The quantitative estimate of drug-likeness (QED) is 0.421. The molecule has 0 spiro atoms. The summed E-state index contributed by atoms with van der Waals surface area (Å²) in [5, 5.41) is 6.83. The molecule has 0 aliphatic rings. The molecule has 0 unspecified atom stereocenters. The zero-order chi connectivity index (χ0) is 22.6. The van der Waals surface area contributed by atoms with Gasteiger partial charge in [-0.15, -0.1) is 0 Å². The number of benzene rings is 2. The van der Waals surface area contributed by atoms with Crippen LogP contribution in [0.1, 0.15) is 43.3 Å². The number of hydrazone groups is 1. The first-order chi connectivity index (χ1) is 14.7. The summed E-state index contributed by atoms with van der Waals surface area (Å²) in [5.41, 5.74) is 8.79. The van der Waals surface area contributed by atoms with Gasteiger partial charge in [-0.25, -0.2) is 10.2 Å². The van der Waals surface area contributed by atoms with Gasteiger partial charge in [0.1, 0.15) is 5.75 Å². The van der Waals surface area contributed by atoms with E-state index >= 15 is 0 Å². The van der Waals surface area contributed by atoms with Crippen molar-refractivity contribution in [2.45, 2.75) is 40.0 Å². The van der Waals surface area contributed by atoms with Gasteiger partial charge in [0.05, 0.1) is 13.3 Å². The summed E-state index contributed by atoms with van der Waals surface area (Å²) in [4.78, 5) is 12.1. The number of hydrogen-bond donors (Lipinski definition) is 2. The molecule has 6 nitrogen and oxygen atoms in total. The van der Waals surface area contributed by atoms with Crippen LogP contribution < -0.4 is 15.5 Å². The number of rotatable bonds is 5. The number of carbonyl (C=O) groups excluding carboxylic acids is 1. The molecule has 0 saturated heterocycles. The Hall–Kier alpha value is -3.54. The third-order valence-electron chi connectivity index (χ3n) is 5.18. The second kappa shape index (κ2) is 9.08. The van der Waals surface area contributed by atoms with E-state index in [9.17, 15) is 4.79 Å². The predicted octanol–water partition coefficient (Wildman–Crippen LogP) is 5.56. The SMILES string of the molecule is COc1ccc(NC(=O)N/N=C/c2cc(C)n(-c3ccc(C(C)(C)C)cc3)c2C)cc1. The molecular weight excluding hydrogens is 388 g/mol. The molecule has 0 aliphatic heterocycles. The molecule has 2 aromatic carbocycles. The van der Waals surface area contributed by atoms with Gasteiger partial charge in [0.2, 0.25) is 0 Å². The predicted molar refractivity (Wildman–Crippen MR) is 127 cm³/mol. The van der Waals surface area contributed by atoms with Crippen LogP contribution in [0.5, 0.6) is 5.75 Å². The molecule has 0 fully saturated rings. The van der Waals surface area contributed by atoms with Crippen LogP contribution in [0.3, 0.4) is 0 Å². The normalized spacial score (nSPS) is 11.5. The van der Waals surface area contributed by atoms with E-state index in [1.807, 2.05) is 6.92 Å². The number of amides is 2. The number of carbonyl (C=O) groups is 1. The smallest absolute Gasteiger partial charge is 0.339 e. The molecule has 2 N–H and O–H groups in total. The highest BCUT2D eigenvalue weighted by molar-refractivity contribution is 5.90. The standard InChI is InChI=1S/C25H30N4O2/c1-17-15-19(16-26-28-24(30)27-21-9-13-23(31-6)14-10-21)18(2)29(17)22-11-7-20(8-12-22)25(3,4)5/h7-16H,1-6H3,(H2,27,28,30)/b26-16+. The third kappa shape index (κ3) is 5.34. The van der Waals surface area contributed by atoms with E-state index in [1.165, 1.54) is 5.56 Å². The van der Waals surface area contributed by atoms with Crippen molar-refractivity contribution in [2.75, 3.05) is 12.4 Å². The van der Waals surface area contributed by atoms with Crippen molar-refractivity contribution < 1.29 is 9.53 Å². The second-order valence-electron chi connectivity index (χ2n) is 8.51. The molecule has 0 aliphatic carbocycles. The zero-order valence-corrected chi connectivity index (χ0v) is 19.0. The topological polar surface area (TPSA) is 67.7 Å². The van der Waals surface area contributed by atoms with Gasteiger partial charge in [0, 0.05) is 28.3 Å². The lowest BCUT2D eigenvalue weighted by Gasteiger charge is -2.20. The second-order valence-corrected chi connectivity index (χ2v) is 8.51. The van der Waals surface area contributed by atoms with Crippen LogP contribution >= 0.6 is 0 Å². The van der Waals surface area contributed by atoms with E-state index in [0.29, 0.717) is 5.69 Å². The maximum Gasteiger partial charge on any atom is 0.339 e. The van der Waals surface area contributed by atoms with Gasteiger partial charge in [-0.2, -0.15) is 5.10 Å². The average molecular weight is 419 g/mol. The monoisotopic (exact) mass is 418 g/mol. The molecule has 1 aromatic heterocycles. The first-order valence-electron chi connectivity index (χ1n) is 10.2. The first kappa shape index (κ1) is 22.2. The third-order valence-corrected chi connectivity index (χ3v) is 5.18. The van der Waals surface area contributed by atoms with Gasteiger partial charge in [-0.1, -0.05) is 32.9 Å². The number of anilines is 1. The van der Waals surface area contributed by atoms with Crippen molar-refractivity contribution in [3.8, 4) is 11.4 Å². The Morgan fingerprint density at radius 1 is 1.03 bits per heavy atom. The molecule has 0 radical (unpaired) electrons. The first-order valence-corrected chi connectivity index (χ1v) is 10.2. The minimum absolute atomic E-state index is 0.120. The molecule has 3 aromatic rings. The lowest BCUT2D eigenvalue weighted by Crippen LogP contribution is -2.24. The van der Waals surface area contributed by atoms with Gasteiger partial charge in [0.15, 0.2) is 0 Å². The minimum atomic E-state index is -0.409. The van der Waals surface area contributed by atoms with Crippen LogP contribution in [0.2, 0.25) is 0 Å². The van der Waals surface area contributed by atoms with Crippen molar-refractivity contribution in [1.29, 1.82) is 0 Å². The van der Waals surface area contributed by atoms with Crippen LogP contribution in [-0.2, 0) is 5.41 Å². The van der Waals surface area contributed by atoms with Crippen molar-refractivity contribution in [1.82, 2.24) is 9.99 Å². The maximum absolute atomic E-state index is 12.1. The number of nitrogens with zero attached hydrogens (tertiary/aromatic N) is 2. The Kier molecular flexibility index (Phi) is 6.49. The van der Waals surface area contributed by atoms with Crippen LogP contribution in [-0.4, -0.2) is 23.9 Å². The largest absolute Gasteiger partial charge is 0.497 e. The molecule has 6 heteroatoms. The minimum Gasteiger partial charge on any atom is -0.497 e. The molecule has 0 bridgehead atoms. The fraction of sp³-hybridized carbons (Fsp3) is 0.280. The summed E-state index contributed by atoms with van der Waals surface area (Å²) >= 11 is 0. The van der Waals surface area contributed by atoms with E-state index in [-0.39, 0.29) is 5.41 Å². The maximum atomic E-state index is 12.1. The number of methoxy groups -OCH3 is 1. The van der Waals surface area contributed by atoms with Crippen molar-refractivity contribution >= 4 is 17.9 Å². The highest BCUT2D eigenvalue weighted by atomic mass is 16.5. The summed E-state index contributed by atoms with van der Waals surface area (Å²) in [6.07, 6.45) is 1.66. The summed E-state index contributed by atoms with van der Waals surface area (Å²) in [6, 6.07) is 17.4. The van der Waals surface area contributed by atoms with E-state index < -0.39 is 6.03 Å². The molecule has 3 rings (SSSR count). The number of nitrogens with one attached hydrogen (secondary N) is 2.